The summed E-state index contributed by atoms with van der Waals surface area (Å²) in [6.45, 7) is 1.88. The Morgan fingerprint density at radius 2 is 1.86 bits per heavy atom. The van der Waals surface area contributed by atoms with Crippen LogP contribution in [0.1, 0.15) is 33.2 Å². The number of benzene rings is 1. The summed E-state index contributed by atoms with van der Waals surface area (Å²) in [7, 11) is 0. The van der Waals surface area contributed by atoms with Crippen molar-refractivity contribution in [2.75, 3.05) is 0 Å². The van der Waals surface area contributed by atoms with Crippen LogP contribution in [0.15, 0.2) is 18.2 Å². The molecule has 0 spiro atoms. The monoisotopic (exact) mass is 192 g/mol. The van der Waals surface area contributed by atoms with E-state index in [0.29, 0.717) is 17.5 Å². The van der Waals surface area contributed by atoms with Gasteiger partial charge in [-0.05, 0) is 30.2 Å². The molecule has 0 aliphatic rings. The summed E-state index contributed by atoms with van der Waals surface area (Å²) in [6.07, 6.45) is 0.638. The average Bonchev–Trinajstić information content (AvgIpc) is 2.16. The maximum Gasteiger partial charge on any atom is 0.248 e. The molecule has 0 fully saturated rings. The van der Waals surface area contributed by atoms with Crippen LogP contribution in [-0.2, 0) is 6.42 Å². The second-order valence-corrected chi connectivity index (χ2v) is 2.95. The molecule has 4 heteroatoms. The highest BCUT2D eigenvalue weighted by molar-refractivity contribution is 5.97. The van der Waals surface area contributed by atoms with Gasteiger partial charge in [0.25, 0.3) is 0 Å². The SMILES string of the molecule is CCc1cc(C(N)=O)ccc1C(N)=O. The van der Waals surface area contributed by atoms with E-state index in [1.54, 1.807) is 6.07 Å². The van der Waals surface area contributed by atoms with E-state index in [-0.39, 0.29) is 0 Å². The van der Waals surface area contributed by atoms with Crippen molar-refractivity contribution in [3.8, 4) is 0 Å². The van der Waals surface area contributed by atoms with Crippen molar-refractivity contribution in [3.63, 3.8) is 0 Å². The van der Waals surface area contributed by atoms with Crippen molar-refractivity contribution in [2.24, 2.45) is 11.5 Å². The third kappa shape index (κ3) is 1.90. The third-order valence-corrected chi connectivity index (χ3v) is 2.04. The molecule has 0 heterocycles. The van der Waals surface area contributed by atoms with Gasteiger partial charge in [0.05, 0.1) is 0 Å². The standard InChI is InChI=1S/C10H12N2O2/c1-2-6-5-7(9(11)13)3-4-8(6)10(12)14/h3-5H,2H2,1H3,(H2,11,13)(H2,12,14). The predicted molar refractivity (Wildman–Crippen MR) is 52.9 cm³/mol. The molecule has 0 saturated heterocycles. The lowest BCUT2D eigenvalue weighted by Crippen LogP contribution is -2.16. The molecule has 4 N–H and O–H groups in total. The summed E-state index contributed by atoms with van der Waals surface area (Å²) in [5, 5.41) is 0. The lowest BCUT2D eigenvalue weighted by Gasteiger charge is -2.05. The average molecular weight is 192 g/mol. The second kappa shape index (κ2) is 3.91. The quantitative estimate of drug-likeness (QED) is 0.728. The largest absolute Gasteiger partial charge is 0.366 e. The molecule has 1 aromatic rings. The molecule has 0 bridgehead atoms. The van der Waals surface area contributed by atoms with Gasteiger partial charge in [-0.3, -0.25) is 9.59 Å². The summed E-state index contributed by atoms with van der Waals surface area (Å²) >= 11 is 0. The fourth-order valence-corrected chi connectivity index (χ4v) is 1.28. The lowest BCUT2D eigenvalue weighted by atomic mass is 10.0. The minimum Gasteiger partial charge on any atom is -0.366 e. The van der Waals surface area contributed by atoms with E-state index in [1.807, 2.05) is 6.92 Å². The Labute approximate surface area is 81.9 Å². The first-order valence-corrected chi connectivity index (χ1v) is 4.28. The molecule has 0 radical (unpaired) electrons. The zero-order chi connectivity index (χ0) is 10.7. The van der Waals surface area contributed by atoms with Gasteiger partial charge in [0, 0.05) is 11.1 Å². The number of amides is 2. The van der Waals surface area contributed by atoms with Gasteiger partial charge in [-0.25, -0.2) is 0 Å². The van der Waals surface area contributed by atoms with Gasteiger partial charge in [0.2, 0.25) is 11.8 Å². The summed E-state index contributed by atoms with van der Waals surface area (Å²) in [4.78, 5) is 21.8. The van der Waals surface area contributed by atoms with E-state index in [2.05, 4.69) is 0 Å². The van der Waals surface area contributed by atoms with Crippen LogP contribution in [0.2, 0.25) is 0 Å². The van der Waals surface area contributed by atoms with Gasteiger partial charge in [0.15, 0.2) is 0 Å². The first-order valence-electron chi connectivity index (χ1n) is 4.28. The number of carbonyl (C=O) groups excluding carboxylic acids is 2. The summed E-state index contributed by atoms with van der Waals surface area (Å²) in [5.74, 6) is -0.992. The van der Waals surface area contributed by atoms with Crippen molar-refractivity contribution in [3.05, 3.63) is 34.9 Å². The van der Waals surface area contributed by atoms with Crippen LogP contribution in [0.3, 0.4) is 0 Å². The molecule has 0 atom stereocenters. The fraction of sp³-hybridized carbons (Fsp3) is 0.200. The van der Waals surface area contributed by atoms with E-state index in [4.69, 9.17) is 11.5 Å². The number of hydrogen-bond donors (Lipinski definition) is 2. The van der Waals surface area contributed by atoms with Gasteiger partial charge < -0.3 is 11.5 Å². The van der Waals surface area contributed by atoms with Crippen LogP contribution in [-0.4, -0.2) is 11.8 Å². The highest BCUT2D eigenvalue weighted by Crippen LogP contribution is 2.12. The highest BCUT2D eigenvalue weighted by atomic mass is 16.1. The van der Waals surface area contributed by atoms with Crippen molar-refractivity contribution >= 4 is 11.8 Å². The van der Waals surface area contributed by atoms with E-state index >= 15 is 0 Å². The number of carbonyl (C=O) groups is 2. The fourth-order valence-electron chi connectivity index (χ4n) is 1.28. The molecule has 0 aliphatic carbocycles. The zero-order valence-electron chi connectivity index (χ0n) is 7.91. The molecule has 0 aliphatic heterocycles. The van der Waals surface area contributed by atoms with Crippen LogP contribution in [0.4, 0.5) is 0 Å². The Morgan fingerprint density at radius 3 is 2.29 bits per heavy atom. The van der Waals surface area contributed by atoms with Crippen LogP contribution in [0.25, 0.3) is 0 Å². The molecule has 1 aromatic carbocycles. The second-order valence-electron chi connectivity index (χ2n) is 2.95. The van der Waals surface area contributed by atoms with Crippen molar-refractivity contribution in [2.45, 2.75) is 13.3 Å². The molecule has 14 heavy (non-hydrogen) atoms. The van der Waals surface area contributed by atoms with Gasteiger partial charge in [0.1, 0.15) is 0 Å². The first-order chi connectivity index (χ1) is 6.56. The molecule has 4 nitrogen and oxygen atoms in total. The summed E-state index contributed by atoms with van der Waals surface area (Å²) in [5.41, 5.74) is 11.9. The maximum absolute atomic E-state index is 11.0. The summed E-state index contributed by atoms with van der Waals surface area (Å²) in [6, 6.07) is 4.63. The highest BCUT2D eigenvalue weighted by Gasteiger charge is 2.09. The Hall–Kier alpha value is -1.84. The molecule has 0 saturated carbocycles. The molecule has 0 unspecified atom stereocenters. The van der Waals surface area contributed by atoms with E-state index < -0.39 is 11.8 Å². The molecule has 2 amide bonds. The van der Waals surface area contributed by atoms with E-state index in [9.17, 15) is 9.59 Å². The number of primary amides is 2. The summed E-state index contributed by atoms with van der Waals surface area (Å²) < 4.78 is 0. The Balaban J connectivity index is 3.25. The lowest BCUT2D eigenvalue weighted by molar-refractivity contribution is 0.0987. The topological polar surface area (TPSA) is 86.2 Å². The van der Waals surface area contributed by atoms with E-state index in [0.717, 1.165) is 5.56 Å². The van der Waals surface area contributed by atoms with Crippen LogP contribution in [0.5, 0.6) is 0 Å². The molecule has 1 rings (SSSR count). The number of aryl methyl sites for hydroxylation is 1. The minimum absolute atomic E-state index is 0.395. The Bertz CT molecular complexity index is 386. The molecule has 74 valence electrons. The molecular weight excluding hydrogens is 180 g/mol. The number of rotatable bonds is 3. The van der Waals surface area contributed by atoms with Gasteiger partial charge in [-0.2, -0.15) is 0 Å². The van der Waals surface area contributed by atoms with Crippen molar-refractivity contribution < 1.29 is 9.59 Å². The molecular formula is C10H12N2O2. The Morgan fingerprint density at radius 1 is 1.21 bits per heavy atom. The van der Waals surface area contributed by atoms with E-state index in [1.165, 1.54) is 12.1 Å². The van der Waals surface area contributed by atoms with Crippen LogP contribution in [0, 0.1) is 0 Å². The predicted octanol–water partition coefficient (Wildman–Crippen LogP) is 0.447. The first kappa shape index (κ1) is 10.2. The maximum atomic E-state index is 11.0. The normalized spacial score (nSPS) is 9.79. The zero-order valence-corrected chi connectivity index (χ0v) is 7.91. The van der Waals surface area contributed by atoms with Gasteiger partial charge in [-0.1, -0.05) is 6.92 Å². The van der Waals surface area contributed by atoms with Crippen molar-refractivity contribution in [1.82, 2.24) is 0 Å². The van der Waals surface area contributed by atoms with Gasteiger partial charge >= 0.3 is 0 Å². The molecule has 0 aromatic heterocycles. The van der Waals surface area contributed by atoms with Crippen LogP contribution >= 0.6 is 0 Å². The van der Waals surface area contributed by atoms with Gasteiger partial charge in [-0.15, -0.1) is 0 Å². The minimum atomic E-state index is -0.504. The third-order valence-electron chi connectivity index (χ3n) is 2.04. The van der Waals surface area contributed by atoms with Crippen LogP contribution < -0.4 is 11.5 Å². The smallest absolute Gasteiger partial charge is 0.248 e. The van der Waals surface area contributed by atoms with Crippen molar-refractivity contribution in [1.29, 1.82) is 0 Å². The number of hydrogen-bond acceptors (Lipinski definition) is 2. The Kier molecular flexibility index (Phi) is 2.86. The number of nitrogens with two attached hydrogens (primary N) is 2.